The number of rotatable bonds is 48. The number of hydrogen-bond donors (Lipinski definition) is 3. The molecule has 0 radical (unpaired) electrons. The van der Waals surface area contributed by atoms with Crippen LogP contribution in [0.1, 0.15) is 258 Å². The van der Waals surface area contributed by atoms with Gasteiger partial charge in [-0.25, -0.2) is 0 Å². The van der Waals surface area contributed by atoms with Crippen molar-refractivity contribution in [3.8, 4) is 0 Å². The van der Waals surface area contributed by atoms with E-state index >= 15 is 0 Å². The van der Waals surface area contributed by atoms with Gasteiger partial charge in [-0.15, -0.1) is 0 Å². The maximum absolute atomic E-state index is 12.4. The Hall–Kier alpha value is -2.43. The number of nitrogens with one attached hydrogen (secondary N) is 1. The smallest absolute Gasteiger partial charge is 0.220 e. The molecule has 0 aromatic carbocycles. The third-order valence-corrected chi connectivity index (χ3v) is 11.9. The zero-order chi connectivity index (χ0) is 44.9. The summed E-state index contributed by atoms with van der Waals surface area (Å²) < 4.78 is 0. The monoisotopic (exact) mass is 862 g/mol. The number of amides is 1. The van der Waals surface area contributed by atoms with E-state index in [-0.39, 0.29) is 12.5 Å². The van der Waals surface area contributed by atoms with Gasteiger partial charge in [-0.05, 0) is 70.6 Å². The van der Waals surface area contributed by atoms with Gasteiger partial charge in [-0.3, -0.25) is 4.79 Å². The van der Waals surface area contributed by atoms with Gasteiger partial charge in [0.1, 0.15) is 0 Å². The Kier molecular flexibility index (Phi) is 50.8. The molecule has 358 valence electrons. The van der Waals surface area contributed by atoms with Crippen LogP contribution in [0.5, 0.6) is 0 Å². The first-order valence-electron chi connectivity index (χ1n) is 26.8. The Bertz CT molecular complexity index is 1110. The highest BCUT2D eigenvalue weighted by atomic mass is 16.3. The molecule has 2 atom stereocenters. The molecule has 4 heteroatoms. The molecule has 0 rings (SSSR count). The Balaban J connectivity index is 3.41. The zero-order valence-electron chi connectivity index (χ0n) is 41.1. The fraction of sp³-hybridized carbons (Fsp3) is 0.741. The molecule has 3 N–H and O–H groups in total. The van der Waals surface area contributed by atoms with Crippen molar-refractivity contribution >= 4 is 5.91 Å². The van der Waals surface area contributed by atoms with Crippen LogP contribution in [-0.4, -0.2) is 34.9 Å². The molecular weight excluding hydrogens is 759 g/mol. The number of carbonyl (C=O) groups excluding carboxylic acids is 1. The van der Waals surface area contributed by atoms with E-state index in [0.717, 1.165) is 64.2 Å². The van der Waals surface area contributed by atoms with Gasteiger partial charge in [0.2, 0.25) is 5.91 Å². The number of carbonyl (C=O) groups is 1. The first-order chi connectivity index (χ1) is 30.7. The quantitative estimate of drug-likeness (QED) is 0.0422. The van der Waals surface area contributed by atoms with E-state index in [1.54, 1.807) is 6.08 Å². The van der Waals surface area contributed by atoms with Gasteiger partial charge in [0.15, 0.2) is 0 Å². The standard InChI is InChI=1S/C58H103NO3/c1-3-5-7-9-11-13-14-15-16-17-18-19-20-21-22-23-24-25-26-27-28-29-30-31-32-33-34-35-36-37-38-39-40-41-42-43-44-46-48-50-52-54-58(62)59-56(55-60)57(61)53-51-49-47-45-12-10-8-6-4-2/h5,7,11,13,15-16,18-19,21-22,24-25,51,53,56-57,60-61H,3-4,6,8-10,12,14,17,20,23,26-50,52,54-55H2,1-2H3,(H,59,62)/b7-5-,13-11-,16-15-,19-18-,22-21-,25-24-,53-51+. The molecule has 0 aliphatic carbocycles. The zero-order valence-corrected chi connectivity index (χ0v) is 41.1. The van der Waals surface area contributed by atoms with Crippen molar-refractivity contribution in [1.29, 1.82) is 0 Å². The number of unbranched alkanes of at least 4 members (excludes halogenated alkanes) is 29. The highest BCUT2D eigenvalue weighted by Crippen LogP contribution is 2.16. The highest BCUT2D eigenvalue weighted by molar-refractivity contribution is 5.76. The summed E-state index contributed by atoms with van der Waals surface area (Å²) in [6, 6.07) is -0.620. The summed E-state index contributed by atoms with van der Waals surface area (Å²) >= 11 is 0. The fourth-order valence-electron chi connectivity index (χ4n) is 7.83. The Labute approximate surface area is 386 Å². The highest BCUT2D eigenvalue weighted by Gasteiger charge is 2.18. The largest absolute Gasteiger partial charge is 0.394 e. The topological polar surface area (TPSA) is 69.6 Å². The van der Waals surface area contributed by atoms with Crippen molar-refractivity contribution in [2.24, 2.45) is 0 Å². The van der Waals surface area contributed by atoms with Crippen LogP contribution in [0.25, 0.3) is 0 Å². The molecule has 4 nitrogen and oxygen atoms in total. The van der Waals surface area contributed by atoms with Crippen LogP contribution in [0.3, 0.4) is 0 Å². The number of aliphatic hydroxyl groups is 2. The summed E-state index contributed by atoms with van der Waals surface area (Å²) in [5, 5.41) is 22.9. The van der Waals surface area contributed by atoms with Gasteiger partial charge in [-0.2, -0.15) is 0 Å². The summed E-state index contributed by atoms with van der Waals surface area (Å²) in [5.41, 5.74) is 0. The third kappa shape index (κ3) is 48.6. The minimum atomic E-state index is -0.837. The van der Waals surface area contributed by atoms with Crippen molar-refractivity contribution in [2.45, 2.75) is 270 Å². The molecule has 62 heavy (non-hydrogen) atoms. The lowest BCUT2D eigenvalue weighted by atomic mass is 10.0. The van der Waals surface area contributed by atoms with E-state index in [1.807, 2.05) is 6.08 Å². The second kappa shape index (κ2) is 52.9. The van der Waals surface area contributed by atoms with Gasteiger partial charge < -0.3 is 15.5 Å². The lowest BCUT2D eigenvalue weighted by molar-refractivity contribution is -0.123. The first kappa shape index (κ1) is 59.6. The number of hydrogen-bond acceptors (Lipinski definition) is 3. The third-order valence-electron chi connectivity index (χ3n) is 11.9. The molecule has 0 aromatic heterocycles. The predicted molar refractivity (Wildman–Crippen MR) is 276 cm³/mol. The average molecular weight is 862 g/mol. The van der Waals surface area contributed by atoms with Gasteiger partial charge in [0, 0.05) is 6.42 Å². The van der Waals surface area contributed by atoms with E-state index in [4.69, 9.17) is 0 Å². The molecule has 0 spiro atoms. The summed E-state index contributed by atoms with van der Waals surface area (Å²) in [7, 11) is 0. The molecule has 0 aliphatic heterocycles. The molecular formula is C58H103NO3. The molecule has 0 fully saturated rings. The minimum Gasteiger partial charge on any atom is -0.394 e. The Morgan fingerprint density at radius 3 is 1.06 bits per heavy atom. The Morgan fingerprint density at radius 1 is 0.403 bits per heavy atom. The van der Waals surface area contributed by atoms with Crippen molar-refractivity contribution in [1.82, 2.24) is 5.32 Å². The Morgan fingerprint density at radius 2 is 0.710 bits per heavy atom. The summed E-state index contributed by atoms with van der Waals surface area (Å²) in [4.78, 5) is 12.4. The number of aliphatic hydroxyl groups excluding tert-OH is 2. The second-order valence-electron chi connectivity index (χ2n) is 17.9. The molecule has 0 aliphatic rings. The van der Waals surface area contributed by atoms with Crippen LogP contribution in [0, 0.1) is 0 Å². The summed E-state index contributed by atoms with van der Waals surface area (Å²) in [6.07, 6.45) is 77.6. The van der Waals surface area contributed by atoms with E-state index in [0.29, 0.717) is 6.42 Å². The summed E-state index contributed by atoms with van der Waals surface area (Å²) in [5.74, 6) is -0.0654. The predicted octanol–water partition coefficient (Wildman–Crippen LogP) is 17.6. The van der Waals surface area contributed by atoms with E-state index in [1.165, 1.54) is 173 Å². The molecule has 0 bridgehead atoms. The molecule has 0 aromatic rings. The van der Waals surface area contributed by atoms with Crippen LogP contribution in [0.15, 0.2) is 85.1 Å². The van der Waals surface area contributed by atoms with Crippen LogP contribution in [0.4, 0.5) is 0 Å². The van der Waals surface area contributed by atoms with E-state index in [2.05, 4.69) is 92.1 Å². The maximum Gasteiger partial charge on any atom is 0.220 e. The normalized spacial score (nSPS) is 13.5. The second-order valence-corrected chi connectivity index (χ2v) is 17.9. The van der Waals surface area contributed by atoms with Crippen molar-refractivity contribution in [3.05, 3.63) is 85.1 Å². The summed E-state index contributed by atoms with van der Waals surface area (Å²) in [6.45, 7) is 4.17. The van der Waals surface area contributed by atoms with Crippen LogP contribution >= 0.6 is 0 Å². The van der Waals surface area contributed by atoms with Gasteiger partial charge >= 0.3 is 0 Å². The molecule has 0 saturated carbocycles. The van der Waals surface area contributed by atoms with Gasteiger partial charge in [-0.1, -0.05) is 266 Å². The first-order valence-corrected chi connectivity index (χ1v) is 26.8. The lowest BCUT2D eigenvalue weighted by Crippen LogP contribution is -2.45. The van der Waals surface area contributed by atoms with E-state index in [9.17, 15) is 15.0 Å². The van der Waals surface area contributed by atoms with Crippen LogP contribution in [0.2, 0.25) is 0 Å². The van der Waals surface area contributed by atoms with Gasteiger partial charge in [0.25, 0.3) is 0 Å². The van der Waals surface area contributed by atoms with Crippen molar-refractivity contribution in [2.75, 3.05) is 6.61 Å². The van der Waals surface area contributed by atoms with Crippen molar-refractivity contribution < 1.29 is 15.0 Å². The molecule has 2 unspecified atom stereocenters. The minimum absolute atomic E-state index is 0.0654. The maximum atomic E-state index is 12.4. The molecule has 0 saturated heterocycles. The van der Waals surface area contributed by atoms with Crippen LogP contribution < -0.4 is 5.32 Å². The number of allylic oxidation sites excluding steroid dienone is 13. The fourth-order valence-corrected chi connectivity index (χ4v) is 7.83. The average Bonchev–Trinajstić information content (AvgIpc) is 3.28. The lowest BCUT2D eigenvalue weighted by Gasteiger charge is -2.20. The SMILES string of the molecule is CC/C=C\C/C=C\C/C=C\C/C=C\C/C=C\C/C=C\CCCCCCCCCCCCCCCCCCCCCCCCC(=O)NC(CO)C(O)/C=C/CCCCCCCCC. The molecule has 1 amide bonds. The van der Waals surface area contributed by atoms with Crippen molar-refractivity contribution in [3.63, 3.8) is 0 Å². The van der Waals surface area contributed by atoms with E-state index < -0.39 is 12.1 Å². The molecule has 0 heterocycles. The van der Waals surface area contributed by atoms with Gasteiger partial charge in [0.05, 0.1) is 18.8 Å². The van der Waals surface area contributed by atoms with Crippen LogP contribution in [-0.2, 0) is 4.79 Å².